The van der Waals surface area contributed by atoms with Crippen molar-refractivity contribution in [3.05, 3.63) is 503 Å². The first kappa shape index (κ1) is 107. The molecule has 20 nitrogen and oxygen atoms in total. The number of thioether (sulfide) groups is 5. The maximum Gasteiger partial charge on any atom is 0.281 e. The van der Waals surface area contributed by atoms with Gasteiger partial charge in [0.15, 0.2) is 0 Å². The molecule has 5 aliphatic heterocycles. The molecule has 5 amide bonds. The summed E-state index contributed by atoms with van der Waals surface area (Å²) in [7, 11) is 6.47. The molecular formula is C112H81Br3Cl4F3N11O9S5. The number of aryl methyl sites for hydroxylation is 2. The van der Waals surface area contributed by atoms with Gasteiger partial charge in [0.25, 0.3) is 29.5 Å². The van der Waals surface area contributed by atoms with Crippen molar-refractivity contribution in [3.8, 4) is 29.1 Å². The summed E-state index contributed by atoms with van der Waals surface area (Å²) < 4.78 is 67.4. The summed E-state index contributed by atoms with van der Waals surface area (Å²) in [5, 5.41) is 42.4. The van der Waals surface area contributed by atoms with Crippen LogP contribution in [-0.2, 0) is 0 Å². The Kier molecular flexibility index (Phi) is 35.9. The van der Waals surface area contributed by atoms with E-state index in [0.29, 0.717) is 64.5 Å². The van der Waals surface area contributed by atoms with E-state index in [0.717, 1.165) is 108 Å². The van der Waals surface area contributed by atoms with Crippen LogP contribution >= 0.6 is 153 Å². The van der Waals surface area contributed by atoms with Crippen LogP contribution in [0.25, 0.3) is 0 Å². The van der Waals surface area contributed by atoms with Crippen LogP contribution < -0.4 is 18.9 Å². The number of rotatable bonds is 19. The highest BCUT2D eigenvalue weighted by atomic mass is 79.9. The van der Waals surface area contributed by atoms with Crippen LogP contribution in [0.1, 0.15) is 151 Å². The van der Waals surface area contributed by atoms with E-state index in [-0.39, 0.29) is 49.6 Å². The third kappa shape index (κ3) is 25.1. The second-order valence-electron chi connectivity index (χ2n) is 32.2. The van der Waals surface area contributed by atoms with Crippen LogP contribution in [0.2, 0.25) is 20.1 Å². The van der Waals surface area contributed by atoms with Gasteiger partial charge in [-0.25, -0.2) is 38.2 Å². The normalized spacial score (nSPS) is 15.8. The van der Waals surface area contributed by atoms with Crippen molar-refractivity contribution in [2.24, 2.45) is 25.5 Å². The first-order valence-electron chi connectivity index (χ1n) is 44.7. The Bertz CT molecular complexity index is 7470. The summed E-state index contributed by atoms with van der Waals surface area (Å²) in [6, 6.07) is 106. The average molecular weight is 2320 g/mol. The highest BCUT2D eigenvalue weighted by Crippen LogP contribution is 2.52. The SMILES string of the molecule is COc1ccccc1C1SC(c2ccc(Br)cc2)=NN1C(=O)c1cccc(C)c1.COc1ccccc1C1SC(c2ccc(Br)cc2)=NN1C(=O)c1cccc(F)c1.COc1ccccc1C1SC(c2ccc(Br)cc2)=NN1C(=O)c1ccccc1C.COc1ccccc1C1SC(c2ccc(Cl)cc2)=NN1C(=O)c1c(Cl)cccc1Cl.N#Cc1ccccc1C1SC(c2ccc(Cl)cc2)=NN1C(=O)c1c(F)cccc1F. The van der Waals surface area contributed by atoms with Gasteiger partial charge in [-0.1, -0.05) is 359 Å². The van der Waals surface area contributed by atoms with Gasteiger partial charge in [0, 0.05) is 95.8 Å². The number of nitriles is 1. The molecule has 0 spiro atoms. The molecule has 15 aromatic carbocycles. The van der Waals surface area contributed by atoms with Crippen molar-refractivity contribution in [2.45, 2.75) is 40.7 Å². The largest absolute Gasteiger partial charge is 0.496 e. The van der Waals surface area contributed by atoms with E-state index >= 15 is 0 Å². The smallest absolute Gasteiger partial charge is 0.281 e. The van der Waals surface area contributed by atoms with Gasteiger partial charge in [-0.2, -0.15) is 30.8 Å². The molecule has 0 saturated heterocycles. The van der Waals surface area contributed by atoms with Gasteiger partial charge in [0.2, 0.25) is 0 Å². The molecule has 0 aromatic heterocycles. The van der Waals surface area contributed by atoms with Crippen molar-refractivity contribution >= 4 is 208 Å². The number of nitrogens with zero attached hydrogens (tertiary/aromatic N) is 11. The minimum Gasteiger partial charge on any atom is -0.496 e. The lowest BCUT2D eigenvalue weighted by Crippen LogP contribution is -2.28. The van der Waals surface area contributed by atoms with E-state index in [9.17, 15) is 42.4 Å². The van der Waals surface area contributed by atoms with Crippen LogP contribution in [0.3, 0.4) is 0 Å². The Morgan fingerprint density at radius 2 is 0.612 bits per heavy atom. The van der Waals surface area contributed by atoms with Crippen molar-refractivity contribution in [2.75, 3.05) is 28.4 Å². The maximum absolute atomic E-state index is 14.3. The van der Waals surface area contributed by atoms with E-state index in [2.05, 4.69) is 69.2 Å². The zero-order valence-electron chi connectivity index (χ0n) is 78.3. The molecule has 5 atom stereocenters. The molecule has 15 aromatic rings. The Balaban J connectivity index is 0.000000131. The molecule has 5 unspecified atom stereocenters. The van der Waals surface area contributed by atoms with Crippen molar-refractivity contribution < 1.29 is 56.1 Å². The predicted octanol–water partition coefficient (Wildman–Crippen LogP) is 30.5. The summed E-state index contributed by atoms with van der Waals surface area (Å²) in [6.45, 7) is 3.91. The Morgan fingerprint density at radius 1 is 0.320 bits per heavy atom. The number of ether oxygens (including phenoxy) is 4. The molecule has 0 saturated carbocycles. The first-order valence-corrected chi connectivity index (χ1v) is 53.0. The molecule has 5 aliphatic rings. The maximum atomic E-state index is 14.3. The summed E-state index contributed by atoms with van der Waals surface area (Å²) in [4.78, 5) is 66.6. The number of carbonyl (C=O) groups is 5. The number of hydrogen-bond donors (Lipinski definition) is 0. The monoisotopic (exact) mass is 2320 g/mol. The molecule has 0 radical (unpaired) electrons. The third-order valence-corrected chi connectivity index (χ3v) is 31.6. The second kappa shape index (κ2) is 49.6. The lowest BCUT2D eigenvalue weighted by atomic mass is 10.1. The predicted molar refractivity (Wildman–Crippen MR) is 595 cm³/mol. The highest BCUT2D eigenvalue weighted by Gasteiger charge is 2.44. The number of carbonyl (C=O) groups excluding carboxylic acids is 5. The number of methoxy groups -OCH3 is 4. The Hall–Kier alpha value is -13.2. The number of benzene rings is 15. The Morgan fingerprint density at radius 3 is 0.966 bits per heavy atom. The zero-order chi connectivity index (χ0) is 104. The van der Waals surface area contributed by atoms with Gasteiger partial charge in [0.05, 0.1) is 55.7 Å². The summed E-state index contributed by atoms with van der Waals surface area (Å²) in [6.07, 6.45) is 0. The van der Waals surface area contributed by atoms with Crippen molar-refractivity contribution in [1.82, 2.24) is 25.0 Å². The highest BCUT2D eigenvalue weighted by molar-refractivity contribution is 9.11. The average Bonchev–Trinajstić information content (AvgIpc) is 1.64. The Labute approximate surface area is 912 Å². The molecule has 0 N–H and O–H groups in total. The van der Waals surface area contributed by atoms with E-state index in [4.69, 9.17) is 75.6 Å². The van der Waals surface area contributed by atoms with Crippen molar-refractivity contribution in [3.63, 3.8) is 0 Å². The lowest BCUT2D eigenvalue weighted by molar-refractivity contribution is 0.0733. The number of hydrazone groups is 5. The molecule has 147 heavy (non-hydrogen) atoms. The quantitative estimate of drug-likeness (QED) is 0.0734. The van der Waals surface area contributed by atoms with Gasteiger partial charge in [0.1, 0.15) is 98.1 Å². The van der Waals surface area contributed by atoms with Gasteiger partial charge < -0.3 is 18.9 Å². The van der Waals surface area contributed by atoms with E-state index in [1.165, 1.54) is 69.6 Å². The second-order valence-corrected chi connectivity index (χ2v) is 42.0. The van der Waals surface area contributed by atoms with Crippen LogP contribution in [0.15, 0.2) is 391 Å². The topological polar surface area (TPSA) is 224 Å². The van der Waals surface area contributed by atoms with Crippen LogP contribution in [0, 0.1) is 42.6 Å². The summed E-state index contributed by atoms with van der Waals surface area (Å²) >= 11 is 42.1. The van der Waals surface area contributed by atoms with Gasteiger partial charge in [-0.3, -0.25) is 24.0 Å². The fourth-order valence-electron chi connectivity index (χ4n) is 15.5. The number of amides is 5. The van der Waals surface area contributed by atoms with Gasteiger partial charge in [-0.05, 0) is 171 Å². The third-order valence-electron chi connectivity index (χ3n) is 22.7. The molecule has 0 aliphatic carbocycles. The molecule has 5 heterocycles. The molecule has 20 rings (SSSR count). The van der Waals surface area contributed by atoms with Gasteiger partial charge in [-0.15, -0.1) is 0 Å². The van der Waals surface area contributed by atoms with Crippen LogP contribution in [0.5, 0.6) is 23.0 Å². The lowest BCUT2D eigenvalue weighted by Gasteiger charge is -2.23. The number of para-hydroxylation sites is 4. The minimum atomic E-state index is -0.979. The molecule has 738 valence electrons. The van der Waals surface area contributed by atoms with Gasteiger partial charge >= 0.3 is 0 Å². The van der Waals surface area contributed by atoms with E-state index < -0.39 is 51.0 Å². The zero-order valence-corrected chi connectivity index (χ0v) is 90.2. The summed E-state index contributed by atoms with van der Waals surface area (Å²) in [5.74, 6) is -1.59. The molecular weight excluding hydrogens is 2240 g/mol. The van der Waals surface area contributed by atoms with Crippen LogP contribution in [0.4, 0.5) is 13.2 Å². The standard InChI is InChI=1S/2C23H19BrN2O2S.C22H16BrFN2O2S.C22H15Cl3N2O2S.C22H12ClF2N3OS/c1-15-6-5-7-17(14-15)22(27)26-23(19-8-3-4-9-20(19)28-2)29-21(25-26)16-10-12-18(24)13-11-16;1-15-7-3-4-8-18(15)22(27)26-23(19-9-5-6-10-20(19)28-2)29-21(25-26)16-11-13-17(24)14-12-16;1-28-19-8-3-2-7-18(19)22-26(21(27)15-5-4-6-17(24)13-15)25-20(29-22)14-9-11-16(23)12-10-14;1-29-18-8-3-2-5-15(18)22-27(21(28)19-16(24)6-4-7-17(19)25)26-20(30-22)13-9-11-14(23)12-10-13;23-15-10-8-13(9-11-15)20-27-28(21(29)19-17(24)6-3-7-18(19)25)22(30-20)16-5-2-1-4-14(16)12-26/h2*3-14,23H,1-2H3;2-13,22H,1H3;2-12,22H,1H3;1-11,22H. The molecule has 0 fully saturated rings. The minimum absolute atomic E-state index is 0.126. The van der Waals surface area contributed by atoms with Crippen LogP contribution in [-0.4, -0.2) is 108 Å². The fourth-order valence-corrected chi connectivity index (χ4v) is 23.0. The first-order chi connectivity index (χ1) is 71.2. The van der Waals surface area contributed by atoms with Crippen molar-refractivity contribution in [1.29, 1.82) is 5.26 Å². The number of hydrogen-bond acceptors (Lipinski definition) is 20. The molecule has 35 heteroatoms. The molecule has 0 bridgehead atoms. The number of halogens is 10. The van der Waals surface area contributed by atoms with E-state index in [1.807, 2.05) is 244 Å². The summed E-state index contributed by atoms with van der Waals surface area (Å²) in [5.41, 5.74) is 11.7. The fraction of sp³-hybridized carbons (Fsp3) is 0.0982. The van der Waals surface area contributed by atoms with E-state index in [1.54, 1.807) is 147 Å².